The fraction of sp³-hybridized carbons (Fsp3) is 0.200. The first kappa shape index (κ1) is 18.5. The summed E-state index contributed by atoms with van der Waals surface area (Å²) in [7, 11) is 0. The van der Waals surface area contributed by atoms with Crippen molar-refractivity contribution in [1.29, 1.82) is 0 Å². The van der Waals surface area contributed by atoms with Gasteiger partial charge < -0.3 is 10.1 Å². The molecule has 134 valence electrons. The molecule has 26 heavy (non-hydrogen) atoms. The smallest absolute Gasteiger partial charge is 0.224 e. The maximum atomic E-state index is 11.8. The van der Waals surface area contributed by atoms with E-state index in [1.165, 1.54) is 0 Å². The Kier molecular flexibility index (Phi) is 5.96. The van der Waals surface area contributed by atoms with Crippen molar-refractivity contribution in [1.82, 2.24) is 4.98 Å². The largest absolute Gasteiger partial charge is 0.488 e. The van der Waals surface area contributed by atoms with Crippen molar-refractivity contribution < 1.29 is 9.53 Å². The maximum Gasteiger partial charge on any atom is 0.224 e. The van der Waals surface area contributed by atoms with Crippen molar-refractivity contribution in [3.63, 3.8) is 0 Å². The highest BCUT2D eigenvalue weighted by Gasteiger charge is 2.14. The second-order valence-corrected chi connectivity index (χ2v) is 6.61. The van der Waals surface area contributed by atoms with Crippen LogP contribution in [0, 0.1) is 0 Å². The Morgan fingerprint density at radius 1 is 1.19 bits per heavy atom. The number of hydrogen-bond acceptors (Lipinski definition) is 3. The van der Waals surface area contributed by atoms with E-state index in [-0.39, 0.29) is 12.5 Å². The van der Waals surface area contributed by atoms with E-state index in [0.717, 1.165) is 22.9 Å². The molecular weight excluding hydrogens is 371 g/mol. The Labute approximate surface area is 162 Å². The molecule has 6 heteroatoms. The second-order valence-electron chi connectivity index (χ2n) is 5.83. The first-order valence-electron chi connectivity index (χ1n) is 8.32. The summed E-state index contributed by atoms with van der Waals surface area (Å²) in [5.41, 5.74) is 1.17. The molecule has 3 rings (SSSR count). The number of nitrogens with one attached hydrogen (secondary N) is 1. The number of ether oxygens (including phenoxy) is 1. The molecule has 1 amide bonds. The molecule has 0 aliphatic heterocycles. The van der Waals surface area contributed by atoms with E-state index in [0.29, 0.717) is 27.7 Å². The van der Waals surface area contributed by atoms with Gasteiger partial charge >= 0.3 is 0 Å². The molecule has 1 N–H and O–H groups in total. The van der Waals surface area contributed by atoms with Gasteiger partial charge in [-0.25, -0.2) is 0 Å². The van der Waals surface area contributed by atoms with E-state index >= 15 is 0 Å². The Morgan fingerprint density at radius 3 is 2.85 bits per heavy atom. The van der Waals surface area contributed by atoms with E-state index in [1.807, 2.05) is 31.2 Å². The molecule has 0 aliphatic rings. The first-order valence-corrected chi connectivity index (χ1v) is 9.08. The highest BCUT2D eigenvalue weighted by molar-refractivity contribution is 6.38. The van der Waals surface area contributed by atoms with Crippen LogP contribution in [-0.4, -0.2) is 10.9 Å². The fourth-order valence-corrected chi connectivity index (χ4v) is 3.16. The number of benzene rings is 2. The number of aromatic nitrogens is 1. The number of pyridine rings is 1. The SMILES string of the molecule is CCCC(=O)Nc1ccc(Cl)c(COc2cccc3cnccc23)c1Cl. The summed E-state index contributed by atoms with van der Waals surface area (Å²) < 4.78 is 5.97. The van der Waals surface area contributed by atoms with Gasteiger partial charge in [0.15, 0.2) is 0 Å². The Morgan fingerprint density at radius 2 is 2.04 bits per heavy atom. The van der Waals surface area contributed by atoms with Crippen LogP contribution < -0.4 is 10.1 Å². The minimum atomic E-state index is -0.0786. The predicted molar refractivity (Wildman–Crippen MR) is 106 cm³/mol. The van der Waals surface area contributed by atoms with Crippen molar-refractivity contribution in [2.45, 2.75) is 26.4 Å². The molecule has 0 bridgehead atoms. The number of halogens is 2. The molecule has 0 saturated carbocycles. The van der Waals surface area contributed by atoms with Crippen LogP contribution in [0.2, 0.25) is 10.0 Å². The maximum absolute atomic E-state index is 11.8. The van der Waals surface area contributed by atoms with E-state index in [1.54, 1.807) is 24.5 Å². The molecule has 0 saturated heterocycles. The van der Waals surface area contributed by atoms with Crippen molar-refractivity contribution >= 4 is 45.6 Å². The van der Waals surface area contributed by atoms with E-state index < -0.39 is 0 Å². The summed E-state index contributed by atoms with van der Waals surface area (Å²) >= 11 is 12.8. The van der Waals surface area contributed by atoms with Crippen LogP contribution in [0.4, 0.5) is 5.69 Å². The third kappa shape index (κ3) is 4.09. The van der Waals surface area contributed by atoms with Gasteiger partial charge in [0.25, 0.3) is 0 Å². The minimum absolute atomic E-state index is 0.0786. The van der Waals surface area contributed by atoms with Gasteiger partial charge in [-0.3, -0.25) is 9.78 Å². The quantitative estimate of drug-likeness (QED) is 0.575. The highest BCUT2D eigenvalue weighted by atomic mass is 35.5. The van der Waals surface area contributed by atoms with Crippen LogP contribution in [0.3, 0.4) is 0 Å². The second kappa shape index (κ2) is 8.39. The van der Waals surface area contributed by atoms with Crippen molar-refractivity contribution in [3.8, 4) is 5.75 Å². The van der Waals surface area contributed by atoms with Crippen LogP contribution in [0.25, 0.3) is 10.8 Å². The summed E-state index contributed by atoms with van der Waals surface area (Å²) in [6.45, 7) is 2.14. The summed E-state index contributed by atoms with van der Waals surface area (Å²) in [5, 5.41) is 5.65. The predicted octanol–water partition coefficient (Wildman–Crippen LogP) is 5.86. The molecule has 2 aromatic carbocycles. The van der Waals surface area contributed by atoms with Gasteiger partial charge in [-0.15, -0.1) is 0 Å². The number of anilines is 1. The molecule has 0 atom stereocenters. The van der Waals surface area contributed by atoms with E-state index in [4.69, 9.17) is 27.9 Å². The Hall–Kier alpha value is -2.30. The van der Waals surface area contributed by atoms with Gasteiger partial charge in [-0.05, 0) is 30.7 Å². The van der Waals surface area contributed by atoms with E-state index in [9.17, 15) is 4.79 Å². The minimum Gasteiger partial charge on any atom is -0.488 e. The summed E-state index contributed by atoms with van der Waals surface area (Å²) in [6, 6.07) is 11.1. The zero-order valence-corrected chi connectivity index (χ0v) is 15.8. The van der Waals surface area contributed by atoms with Crippen molar-refractivity contribution in [3.05, 3.63) is 64.4 Å². The molecule has 1 aromatic heterocycles. The number of hydrogen-bond donors (Lipinski definition) is 1. The summed E-state index contributed by atoms with van der Waals surface area (Å²) in [6.07, 6.45) is 4.71. The standard InChI is InChI=1S/C20H18Cl2N2O2/c1-2-4-19(25)24-17-8-7-16(21)15(20(17)22)12-26-18-6-3-5-13-11-23-10-9-14(13)18/h3,5-11H,2,4,12H2,1H3,(H,24,25). The van der Waals surface area contributed by atoms with Gasteiger partial charge in [0.1, 0.15) is 12.4 Å². The molecule has 0 spiro atoms. The van der Waals surface area contributed by atoms with Gasteiger partial charge in [0.05, 0.1) is 10.7 Å². The van der Waals surface area contributed by atoms with Crippen LogP contribution in [0.15, 0.2) is 48.8 Å². The van der Waals surface area contributed by atoms with Crippen LogP contribution >= 0.6 is 23.2 Å². The lowest BCUT2D eigenvalue weighted by Gasteiger charge is -2.14. The first-order chi connectivity index (χ1) is 12.6. The molecule has 0 fully saturated rings. The molecule has 4 nitrogen and oxygen atoms in total. The fourth-order valence-electron chi connectivity index (χ4n) is 2.63. The third-order valence-corrected chi connectivity index (χ3v) is 4.74. The molecular formula is C20H18Cl2N2O2. The zero-order chi connectivity index (χ0) is 18.5. The molecule has 0 unspecified atom stereocenters. The van der Waals surface area contributed by atoms with Crippen LogP contribution in [0.5, 0.6) is 5.75 Å². The Balaban J connectivity index is 1.84. The average molecular weight is 389 g/mol. The number of amides is 1. The van der Waals surface area contributed by atoms with Gasteiger partial charge in [0, 0.05) is 40.2 Å². The third-order valence-electron chi connectivity index (χ3n) is 3.95. The lowest BCUT2D eigenvalue weighted by atomic mass is 10.1. The molecule has 0 aliphatic carbocycles. The van der Waals surface area contributed by atoms with Crippen molar-refractivity contribution in [2.24, 2.45) is 0 Å². The molecule has 1 heterocycles. The number of rotatable bonds is 6. The van der Waals surface area contributed by atoms with Gasteiger partial charge in [-0.2, -0.15) is 0 Å². The van der Waals surface area contributed by atoms with E-state index in [2.05, 4.69) is 10.3 Å². The normalized spacial score (nSPS) is 10.7. The summed E-state index contributed by atoms with van der Waals surface area (Å²) in [5.74, 6) is 0.641. The lowest BCUT2D eigenvalue weighted by molar-refractivity contribution is -0.116. The zero-order valence-electron chi connectivity index (χ0n) is 14.3. The molecule has 3 aromatic rings. The number of nitrogens with zero attached hydrogens (tertiary/aromatic N) is 1. The Bertz CT molecular complexity index is 939. The van der Waals surface area contributed by atoms with Crippen molar-refractivity contribution in [2.75, 3.05) is 5.32 Å². The topological polar surface area (TPSA) is 51.2 Å². The van der Waals surface area contributed by atoms with Gasteiger partial charge in [0.2, 0.25) is 5.91 Å². The lowest BCUT2D eigenvalue weighted by Crippen LogP contribution is -2.12. The van der Waals surface area contributed by atoms with Crippen LogP contribution in [0.1, 0.15) is 25.3 Å². The number of carbonyl (C=O) groups excluding carboxylic acids is 1. The number of fused-ring (bicyclic) bond motifs is 1. The molecule has 0 radical (unpaired) electrons. The monoisotopic (exact) mass is 388 g/mol. The summed E-state index contributed by atoms with van der Waals surface area (Å²) in [4.78, 5) is 16.0. The van der Waals surface area contributed by atoms with Gasteiger partial charge in [-0.1, -0.05) is 42.3 Å². The highest BCUT2D eigenvalue weighted by Crippen LogP contribution is 2.34. The number of carbonyl (C=O) groups is 1. The average Bonchev–Trinajstić information content (AvgIpc) is 2.64. The van der Waals surface area contributed by atoms with Crippen LogP contribution in [-0.2, 0) is 11.4 Å².